The first kappa shape index (κ1) is 14.6. The Morgan fingerprint density at radius 3 is 2.59 bits per heavy atom. The van der Waals surface area contributed by atoms with E-state index in [1.165, 1.54) is 0 Å². The van der Waals surface area contributed by atoms with E-state index < -0.39 is 5.60 Å². The lowest BCUT2D eigenvalue weighted by Crippen LogP contribution is -2.50. The highest BCUT2D eigenvalue weighted by molar-refractivity contribution is 5.69. The van der Waals surface area contributed by atoms with Gasteiger partial charge in [0.15, 0.2) is 0 Å². The molecule has 0 bridgehead atoms. The highest BCUT2D eigenvalue weighted by Crippen LogP contribution is 2.28. The summed E-state index contributed by atoms with van der Waals surface area (Å²) in [5.41, 5.74) is 0.438. The highest BCUT2D eigenvalue weighted by Gasteiger charge is 2.37. The molecule has 0 unspecified atom stereocenters. The number of amides is 1. The summed E-state index contributed by atoms with van der Waals surface area (Å²) in [6.07, 6.45) is -0.299. The number of nitrogens with zero attached hydrogens (tertiary/aromatic N) is 3. The molecule has 6 nitrogen and oxygen atoms in total. The summed E-state index contributed by atoms with van der Waals surface area (Å²) in [7, 11) is 0. The van der Waals surface area contributed by atoms with E-state index in [2.05, 4.69) is 10.1 Å². The van der Waals surface area contributed by atoms with E-state index in [9.17, 15) is 4.79 Å². The van der Waals surface area contributed by atoms with Crippen LogP contribution < -0.4 is 0 Å². The molecule has 0 saturated carbocycles. The molecule has 1 aliphatic heterocycles. The van der Waals surface area contributed by atoms with Gasteiger partial charge in [0.2, 0.25) is 11.7 Å². The molecule has 1 aromatic heterocycles. The second kappa shape index (κ2) is 5.44. The third kappa shape index (κ3) is 3.10. The van der Waals surface area contributed by atoms with Gasteiger partial charge in [0.05, 0.1) is 5.92 Å². The molecule has 3 rings (SSSR count). The first-order chi connectivity index (χ1) is 10.4. The molecule has 1 amide bonds. The van der Waals surface area contributed by atoms with Gasteiger partial charge in [0, 0.05) is 18.7 Å². The quantitative estimate of drug-likeness (QED) is 0.852. The molecule has 0 radical (unpaired) electrons. The third-order valence-corrected chi connectivity index (χ3v) is 3.36. The topological polar surface area (TPSA) is 68.5 Å². The number of likely N-dealkylation sites (tertiary alicyclic amines) is 1. The van der Waals surface area contributed by atoms with Gasteiger partial charge in [-0.1, -0.05) is 35.5 Å². The molecule has 2 aromatic rings. The van der Waals surface area contributed by atoms with Crippen LogP contribution in [-0.2, 0) is 4.74 Å². The minimum atomic E-state index is -0.479. The Hall–Kier alpha value is -2.37. The molecule has 1 fully saturated rings. The summed E-state index contributed by atoms with van der Waals surface area (Å²) in [6, 6.07) is 9.66. The van der Waals surface area contributed by atoms with Crippen LogP contribution in [0.3, 0.4) is 0 Å². The maximum Gasteiger partial charge on any atom is 0.410 e. The van der Waals surface area contributed by atoms with Crippen molar-refractivity contribution in [3.8, 4) is 11.4 Å². The average Bonchev–Trinajstić information content (AvgIpc) is 2.85. The van der Waals surface area contributed by atoms with Crippen LogP contribution in [-0.4, -0.2) is 39.8 Å². The molecule has 2 heterocycles. The summed E-state index contributed by atoms with van der Waals surface area (Å²) in [4.78, 5) is 17.9. The number of aromatic nitrogens is 2. The molecule has 0 atom stereocenters. The normalized spacial score (nSPS) is 15.5. The van der Waals surface area contributed by atoms with E-state index in [-0.39, 0.29) is 12.0 Å². The smallest absolute Gasteiger partial charge is 0.410 e. The Morgan fingerprint density at radius 2 is 1.95 bits per heavy atom. The van der Waals surface area contributed by atoms with E-state index in [0.717, 1.165) is 5.56 Å². The highest BCUT2D eigenvalue weighted by atomic mass is 16.6. The van der Waals surface area contributed by atoms with Crippen molar-refractivity contribution < 1.29 is 14.1 Å². The van der Waals surface area contributed by atoms with Gasteiger partial charge in [0.25, 0.3) is 0 Å². The Labute approximate surface area is 129 Å². The summed E-state index contributed by atoms with van der Waals surface area (Å²) in [6.45, 7) is 6.65. The van der Waals surface area contributed by atoms with Gasteiger partial charge in [-0.3, -0.25) is 0 Å². The second-order valence-corrected chi connectivity index (χ2v) is 6.40. The van der Waals surface area contributed by atoms with Gasteiger partial charge in [0.1, 0.15) is 5.60 Å². The van der Waals surface area contributed by atoms with Crippen molar-refractivity contribution >= 4 is 6.09 Å². The monoisotopic (exact) mass is 301 g/mol. The second-order valence-electron chi connectivity index (χ2n) is 6.40. The summed E-state index contributed by atoms with van der Waals surface area (Å²) < 4.78 is 10.6. The number of carbonyl (C=O) groups is 1. The van der Waals surface area contributed by atoms with Crippen molar-refractivity contribution in [3.05, 3.63) is 36.2 Å². The molecule has 22 heavy (non-hydrogen) atoms. The Balaban J connectivity index is 1.60. The standard InChI is InChI=1S/C16H19N3O3/c1-16(2,3)21-15(20)19-9-12(10-19)14-17-13(18-22-14)11-7-5-4-6-8-11/h4-8,12H,9-10H2,1-3H3. The lowest BCUT2D eigenvalue weighted by atomic mass is 10.0. The van der Waals surface area contributed by atoms with Crippen LogP contribution in [0.1, 0.15) is 32.6 Å². The van der Waals surface area contributed by atoms with Crippen molar-refractivity contribution in [2.24, 2.45) is 0 Å². The fourth-order valence-corrected chi connectivity index (χ4v) is 2.22. The lowest BCUT2D eigenvalue weighted by Gasteiger charge is -2.37. The molecule has 1 aromatic carbocycles. The van der Waals surface area contributed by atoms with Crippen LogP contribution in [0.5, 0.6) is 0 Å². The maximum absolute atomic E-state index is 11.9. The molecular weight excluding hydrogens is 282 g/mol. The zero-order chi connectivity index (χ0) is 15.7. The van der Waals surface area contributed by atoms with Crippen molar-refractivity contribution in [2.75, 3.05) is 13.1 Å². The first-order valence-corrected chi connectivity index (χ1v) is 7.29. The van der Waals surface area contributed by atoms with Gasteiger partial charge in [-0.05, 0) is 20.8 Å². The van der Waals surface area contributed by atoms with E-state index in [0.29, 0.717) is 24.8 Å². The Morgan fingerprint density at radius 1 is 1.27 bits per heavy atom. The van der Waals surface area contributed by atoms with Crippen molar-refractivity contribution in [1.29, 1.82) is 0 Å². The SMILES string of the molecule is CC(C)(C)OC(=O)N1CC(c2nc(-c3ccccc3)no2)C1. The molecule has 0 N–H and O–H groups in total. The number of hydrogen-bond donors (Lipinski definition) is 0. The molecule has 116 valence electrons. The van der Waals surface area contributed by atoms with Gasteiger partial charge < -0.3 is 14.2 Å². The van der Waals surface area contributed by atoms with Crippen molar-refractivity contribution in [3.63, 3.8) is 0 Å². The van der Waals surface area contributed by atoms with Crippen LogP contribution in [0.2, 0.25) is 0 Å². The van der Waals surface area contributed by atoms with E-state index in [1.807, 2.05) is 51.1 Å². The lowest BCUT2D eigenvalue weighted by molar-refractivity contribution is 0.00558. The molecule has 0 aliphatic carbocycles. The van der Waals surface area contributed by atoms with Crippen molar-refractivity contribution in [1.82, 2.24) is 15.0 Å². The largest absolute Gasteiger partial charge is 0.444 e. The minimum Gasteiger partial charge on any atom is -0.444 e. The van der Waals surface area contributed by atoms with Crippen LogP contribution in [0, 0.1) is 0 Å². The molecule has 1 saturated heterocycles. The van der Waals surface area contributed by atoms with Crippen LogP contribution >= 0.6 is 0 Å². The van der Waals surface area contributed by atoms with Gasteiger partial charge in [-0.25, -0.2) is 4.79 Å². The number of benzene rings is 1. The molecule has 1 aliphatic rings. The minimum absolute atomic E-state index is 0.0810. The average molecular weight is 301 g/mol. The van der Waals surface area contributed by atoms with E-state index in [1.54, 1.807) is 4.90 Å². The van der Waals surface area contributed by atoms with Crippen LogP contribution in [0.25, 0.3) is 11.4 Å². The van der Waals surface area contributed by atoms with Crippen LogP contribution in [0.15, 0.2) is 34.9 Å². The van der Waals surface area contributed by atoms with Gasteiger partial charge >= 0.3 is 6.09 Å². The fraction of sp³-hybridized carbons (Fsp3) is 0.438. The summed E-state index contributed by atoms with van der Waals surface area (Å²) >= 11 is 0. The summed E-state index contributed by atoms with van der Waals surface area (Å²) in [5.74, 6) is 1.22. The van der Waals surface area contributed by atoms with E-state index >= 15 is 0 Å². The molecule has 0 spiro atoms. The maximum atomic E-state index is 11.9. The predicted octanol–water partition coefficient (Wildman–Crippen LogP) is 3.07. The number of carbonyl (C=O) groups excluding carboxylic acids is 1. The molecule has 6 heteroatoms. The zero-order valence-corrected chi connectivity index (χ0v) is 12.9. The first-order valence-electron chi connectivity index (χ1n) is 7.29. The molecular formula is C16H19N3O3. The number of ether oxygens (including phenoxy) is 1. The Bertz CT molecular complexity index is 655. The summed E-state index contributed by atoms with van der Waals surface area (Å²) in [5, 5.41) is 4.00. The van der Waals surface area contributed by atoms with Crippen molar-refractivity contribution in [2.45, 2.75) is 32.3 Å². The fourth-order valence-electron chi connectivity index (χ4n) is 2.22. The van der Waals surface area contributed by atoms with Gasteiger partial charge in [-0.15, -0.1) is 0 Å². The number of rotatable bonds is 2. The third-order valence-electron chi connectivity index (χ3n) is 3.36. The van der Waals surface area contributed by atoms with E-state index in [4.69, 9.17) is 9.26 Å². The Kier molecular flexibility index (Phi) is 3.60. The predicted molar refractivity (Wildman–Crippen MR) is 80.3 cm³/mol. The van der Waals surface area contributed by atoms with Crippen LogP contribution in [0.4, 0.5) is 4.79 Å². The zero-order valence-electron chi connectivity index (χ0n) is 12.9. The number of hydrogen-bond acceptors (Lipinski definition) is 5. The van der Waals surface area contributed by atoms with Gasteiger partial charge in [-0.2, -0.15) is 4.98 Å².